The van der Waals surface area contributed by atoms with Gasteiger partial charge in [-0.25, -0.2) is 0 Å². The number of hydrogen-bond donors (Lipinski definition) is 1. The van der Waals surface area contributed by atoms with Gasteiger partial charge in [0.2, 0.25) is 0 Å². The third kappa shape index (κ3) is 2.05. The van der Waals surface area contributed by atoms with Crippen molar-refractivity contribution < 1.29 is 4.74 Å². The van der Waals surface area contributed by atoms with Gasteiger partial charge in [-0.3, -0.25) is 0 Å². The Bertz CT molecular complexity index is 169. The minimum atomic E-state index is 0.509. The average Bonchev–Trinajstić information content (AvgIpc) is 2.17. The molecule has 0 aromatic rings. The lowest BCUT2D eigenvalue weighted by molar-refractivity contribution is -0.0427. The normalized spacial score (nSPS) is 40.4. The zero-order valence-electron chi connectivity index (χ0n) is 8.75. The SMILES string of the molecule is CC(C)C1CC[C@H]2NCCO[C@H]2C1. The molecule has 1 saturated carbocycles. The second kappa shape index (κ2) is 3.97. The van der Waals surface area contributed by atoms with Gasteiger partial charge in [-0.2, -0.15) is 0 Å². The molecule has 0 aromatic carbocycles. The van der Waals surface area contributed by atoms with Gasteiger partial charge in [0.25, 0.3) is 0 Å². The first-order valence-corrected chi connectivity index (χ1v) is 5.62. The van der Waals surface area contributed by atoms with Crippen LogP contribution in [0.4, 0.5) is 0 Å². The van der Waals surface area contributed by atoms with Gasteiger partial charge in [0, 0.05) is 12.6 Å². The number of rotatable bonds is 1. The molecule has 0 spiro atoms. The lowest BCUT2D eigenvalue weighted by atomic mass is 9.77. The van der Waals surface area contributed by atoms with Crippen molar-refractivity contribution in [2.75, 3.05) is 13.2 Å². The van der Waals surface area contributed by atoms with Gasteiger partial charge >= 0.3 is 0 Å². The minimum absolute atomic E-state index is 0.509. The van der Waals surface area contributed by atoms with Gasteiger partial charge in [-0.05, 0) is 31.1 Å². The predicted molar refractivity (Wildman–Crippen MR) is 53.7 cm³/mol. The predicted octanol–water partition coefficient (Wildman–Crippen LogP) is 1.80. The van der Waals surface area contributed by atoms with E-state index >= 15 is 0 Å². The summed E-state index contributed by atoms with van der Waals surface area (Å²) in [4.78, 5) is 0. The van der Waals surface area contributed by atoms with Crippen LogP contribution in [0.1, 0.15) is 33.1 Å². The highest BCUT2D eigenvalue weighted by atomic mass is 16.5. The minimum Gasteiger partial charge on any atom is -0.375 e. The molecule has 2 aliphatic rings. The molecule has 2 rings (SSSR count). The zero-order chi connectivity index (χ0) is 9.26. The van der Waals surface area contributed by atoms with Crippen LogP contribution < -0.4 is 5.32 Å². The summed E-state index contributed by atoms with van der Waals surface area (Å²) in [6.07, 6.45) is 4.48. The van der Waals surface area contributed by atoms with Crippen molar-refractivity contribution in [3.63, 3.8) is 0 Å². The fourth-order valence-corrected chi connectivity index (χ4v) is 2.64. The number of fused-ring (bicyclic) bond motifs is 1. The van der Waals surface area contributed by atoms with Crippen molar-refractivity contribution >= 4 is 0 Å². The molecule has 1 saturated heterocycles. The Morgan fingerprint density at radius 2 is 2.15 bits per heavy atom. The Labute approximate surface area is 81.0 Å². The Kier molecular flexibility index (Phi) is 2.89. The molecule has 1 unspecified atom stereocenters. The van der Waals surface area contributed by atoms with E-state index in [0.717, 1.165) is 25.0 Å². The largest absolute Gasteiger partial charge is 0.375 e. The summed E-state index contributed by atoms with van der Waals surface area (Å²) < 4.78 is 5.80. The number of nitrogens with one attached hydrogen (secondary N) is 1. The molecular weight excluding hydrogens is 162 g/mol. The van der Waals surface area contributed by atoms with Crippen LogP contribution in [0.3, 0.4) is 0 Å². The lowest BCUT2D eigenvalue weighted by Crippen LogP contribution is -2.51. The Balaban J connectivity index is 1.91. The first-order valence-electron chi connectivity index (χ1n) is 5.62. The molecule has 2 heteroatoms. The molecule has 0 amide bonds. The van der Waals surface area contributed by atoms with Crippen LogP contribution in [0.15, 0.2) is 0 Å². The van der Waals surface area contributed by atoms with Gasteiger partial charge in [0.05, 0.1) is 12.7 Å². The van der Waals surface area contributed by atoms with E-state index in [1.807, 2.05) is 0 Å². The zero-order valence-corrected chi connectivity index (χ0v) is 8.75. The van der Waals surface area contributed by atoms with Gasteiger partial charge in [0.1, 0.15) is 0 Å². The Morgan fingerprint density at radius 3 is 2.92 bits per heavy atom. The molecular formula is C11H21NO. The fourth-order valence-electron chi connectivity index (χ4n) is 2.64. The highest BCUT2D eigenvalue weighted by Crippen LogP contribution is 2.32. The summed E-state index contributed by atoms with van der Waals surface area (Å²) in [5.74, 6) is 1.72. The lowest BCUT2D eigenvalue weighted by Gasteiger charge is -2.40. The monoisotopic (exact) mass is 183 g/mol. The average molecular weight is 183 g/mol. The molecule has 1 heterocycles. The number of hydrogen-bond acceptors (Lipinski definition) is 2. The van der Waals surface area contributed by atoms with Gasteiger partial charge in [0.15, 0.2) is 0 Å². The van der Waals surface area contributed by atoms with E-state index in [2.05, 4.69) is 19.2 Å². The molecule has 3 atom stereocenters. The summed E-state index contributed by atoms with van der Waals surface area (Å²) in [5.41, 5.74) is 0. The highest BCUT2D eigenvalue weighted by Gasteiger charge is 2.33. The molecule has 0 bridgehead atoms. The van der Waals surface area contributed by atoms with Crippen LogP contribution in [-0.4, -0.2) is 25.3 Å². The van der Waals surface area contributed by atoms with Crippen LogP contribution >= 0.6 is 0 Å². The van der Waals surface area contributed by atoms with E-state index in [4.69, 9.17) is 4.74 Å². The molecule has 2 fully saturated rings. The summed E-state index contributed by atoms with van der Waals surface area (Å²) in [6, 6.07) is 0.656. The van der Waals surface area contributed by atoms with Crippen molar-refractivity contribution in [2.45, 2.75) is 45.3 Å². The smallest absolute Gasteiger partial charge is 0.0731 e. The van der Waals surface area contributed by atoms with Crippen LogP contribution in [0.25, 0.3) is 0 Å². The van der Waals surface area contributed by atoms with Crippen LogP contribution in [0, 0.1) is 11.8 Å². The number of morpholine rings is 1. The number of ether oxygens (including phenoxy) is 1. The summed E-state index contributed by atoms with van der Waals surface area (Å²) in [7, 11) is 0. The summed E-state index contributed by atoms with van der Waals surface area (Å²) >= 11 is 0. The molecule has 0 aromatic heterocycles. The third-order valence-corrected chi connectivity index (χ3v) is 3.62. The molecule has 2 nitrogen and oxygen atoms in total. The van der Waals surface area contributed by atoms with Crippen molar-refractivity contribution in [3.05, 3.63) is 0 Å². The van der Waals surface area contributed by atoms with Crippen LogP contribution in [0.2, 0.25) is 0 Å². The molecule has 1 aliphatic carbocycles. The molecule has 1 aliphatic heterocycles. The maximum Gasteiger partial charge on any atom is 0.0731 e. The quantitative estimate of drug-likeness (QED) is 0.669. The van der Waals surface area contributed by atoms with E-state index in [9.17, 15) is 0 Å². The Hall–Kier alpha value is -0.0800. The summed E-state index contributed by atoms with van der Waals surface area (Å²) in [5, 5.41) is 3.56. The van der Waals surface area contributed by atoms with E-state index in [1.54, 1.807) is 0 Å². The van der Waals surface area contributed by atoms with Crippen molar-refractivity contribution in [3.8, 4) is 0 Å². The van der Waals surface area contributed by atoms with Crippen molar-refractivity contribution in [1.82, 2.24) is 5.32 Å². The van der Waals surface area contributed by atoms with Crippen LogP contribution in [-0.2, 0) is 4.74 Å². The van der Waals surface area contributed by atoms with E-state index < -0.39 is 0 Å². The van der Waals surface area contributed by atoms with E-state index in [-0.39, 0.29) is 0 Å². The van der Waals surface area contributed by atoms with Crippen LogP contribution in [0.5, 0.6) is 0 Å². The maximum atomic E-state index is 5.80. The first-order chi connectivity index (χ1) is 6.27. The van der Waals surface area contributed by atoms with Gasteiger partial charge < -0.3 is 10.1 Å². The molecule has 76 valence electrons. The summed E-state index contributed by atoms with van der Waals surface area (Å²) in [6.45, 7) is 6.63. The fraction of sp³-hybridized carbons (Fsp3) is 1.00. The van der Waals surface area contributed by atoms with Crippen molar-refractivity contribution in [2.24, 2.45) is 11.8 Å². The third-order valence-electron chi connectivity index (χ3n) is 3.62. The van der Waals surface area contributed by atoms with E-state index in [0.29, 0.717) is 12.1 Å². The topological polar surface area (TPSA) is 21.3 Å². The second-order valence-corrected chi connectivity index (χ2v) is 4.79. The van der Waals surface area contributed by atoms with Gasteiger partial charge in [-0.15, -0.1) is 0 Å². The molecule has 13 heavy (non-hydrogen) atoms. The molecule has 1 N–H and O–H groups in total. The van der Waals surface area contributed by atoms with Crippen molar-refractivity contribution in [1.29, 1.82) is 0 Å². The standard InChI is InChI=1S/C11H21NO/c1-8(2)9-3-4-10-11(7-9)13-6-5-12-10/h8-12H,3-7H2,1-2H3/t9?,10-,11+/m1/s1. The highest BCUT2D eigenvalue weighted by molar-refractivity contribution is 4.88. The maximum absolute atomic E-state index is 5.80. The Morgan fingerprint density at radius 1 is 1.31 bits per heavy atom. The molecule has 0 radical (unpaired) electrons. The van der Waals surface area contributed by atoms with E-state index in [1.165, 1.54) is 19.3 Å². The first kappa shape index (κ1) is 9.47. The van der Waals surface area contributed by atoms with Gasteiger partial charge in [-0.1, -0.05) is 13.8 Å². The second-order valence-electron chi connectivity index (χ2n) is 4.79.